The van der Waals surface area contributed by atoms with Gasteiger partial charge in [-0.25, -0.2) is 8.78 Å². The predicted octanol–water partition coefficient (Wildman–Crippen LogP) is 4.67. The van der Waals surface area contributed by atoms with Gasteiger partial charge in [0.15, 0.2) is 0 Å². The fourth-order valence-corrected chi connectivity index (χ4v) is 2.80. The molecule has 0 aliphatic heterocycles. The van der Waals surface area contributed by atoms with E-state index in [0.29, 0.717) is 22.5 Å². The van der Waals surface area contributed by atoms with Gasteiger partial charge in [0.05, 0.1) is 5.02 Å². The molecule has 0 radical (unpaired) electrons. The largest absolute Gasteiger partial charge is 0.310 e. The minimum absolute atomic E-state index is 0.0212. The van der Waals surface area contributed by atoms with Gasteiger partial charge in [0.2, 0.25) is 0 Å². The van der Waals surface area contributed by atoms with Crippen molar-refractivity contribution in [2.24, 2.45) is 0 Å². The molecule has 0 aliphatic rings. The number of nitrogens with zero attached hydrogens (tertiary/aromatic N) is 1. The molecule has 1 N–H and O–H groups in total. The van der Waals surface area contributed by atoms with Gasteiger partial charge in [-0.05, 0) is 36.7 Å². The van der Waals surface area contributed by atoms with Crippen molar-refractivity contribution in [3.05, 3.63) is 62.8 Å². The van der Waals surface area contributed by atoms with Gasteiger partial charge < -0.3 is 5.32 Å². The molecule has 0 fully saturated rings. The smallest absolute Gasteiger partial charge is 0.132 e. The van der Waals surface area contributed by atoms with E-state index in [1.807, 2.05) is 6.92 Å². The number of likely N-dealkylation sites (N-methyl/N-ethyl adjacent to an activating group) is 1. The monoisotopic (exact) mass is 374 g/mol. The van der Waals surface area contributed by atoms with Gasteiger partial charge in [-0.15, -0.1) is 0 Å². The average molecular weight is 376 g/mol. The minimum atomic E-state index is -0.585. The van der Waals surface area contributed by atoms with Crippen LogP contribution in [0.3, 0.4) is 0 Å². The molecule has 1 aromatic heterocycles. The molecule has 112 valence electrons. The van der Waals surface area contributed by atoms with Crippen LogP contribution in [0, 0.1) is 11.6 Å². The highest BCUT2D eigenvalue weighted by atomic mass is 79.9. The van der Waals surface area contributed by atoms with Crippen LogP contribution in [0.1, 0.15) is 24.1 Å². The molecule has 0 aliphatic carbocycles. The maximum Gasteiger partial charge on any atom is 0.132 e. The van der Waals surface area contributed by atoms with Crippen molar-refractivity contribution in [3.8, 4) is 0 Å². The Hall–Kier alpha value is -1.04. The first-order chi connectivity index (χ1) is 10.0. The Bertz CT molecular complexity index is 614. The fourth-order valence-electron chi connectivity index (χ4n) is 2.20. The highest BCUT2D eigenvalue weighted by molar-refractivity contribution is 9.10. The normalized spacial score (nSPS) is 12.4. The van der Waals surface area contributed by atoms with Crippen LogP contribution in [-0.4, -0.2) is 11.5 Å². The van der Waals surface area contributed by atoms with Crippen LogP contribution in [0.5, 0.6) is 0 Å². The maximum atomic E-state index is 14.1. The molecule has 0 saturated heterocycles. The van der Waals surface area contributed by atoms with E-state index in [4.69, 9.17) is 11.6 Å². The number of pyridine rings is 1. The van der Waals surface area contributed by atoms with E-state index >= 15 is 0 Å². The summed E-state index contributed by atoms with van der Waals surface area (Å²) in [4.78, 5) is 3.91. The lowest BCUT2D eigenvalue weighted by Gasteiger charge is -2.20. The summed E-state index contributed by atoms with van der Waals surface area (Å²) in [7, 11) is 0. The van der Waals surface area contributed by atoms with E-state index in [2.05, 4.69) is 26.2 Å². The van der Waals surface area contributed by atoms with Gasteiger partial charge >= 0.3 is 0 Å². The van der Waals surface area contributed by atoms with E-state index in [9.17, 15) is 8.78 Å². The summed E-state index contributed by atoms with van der Waals surface area (Å²) in [6.07, 6.45) is 3.51. The zero-order chi connectivity index (χ0) is 15.4. The van der Waals surface area contributed by atoms with Crippen molar-refractivity contribution >= 4 is 27.5 Å². The predicted molar refractivity (Wildman–Crippen MR) is 83.4 cm³/mol. The molecule has 0 amide bonds. The lowest BCUT2D eigenvalue weighted by molar-refractivity contribution is 0.472. The lowest BCUT2D eigenvalue weighted by Crippen LogP contribution is -2.25. The molecule has 1 aromatic carbocycles. The molecule has 0 spiro atoms. The third kappa shape index (κ3) is 3.99. The second kappa shape index (κ2) is 7.29. The standard InChI is InChI=1S/C15H14BrClF2N2/c1-2-21-14(5-9-3-4-20-8-11(9)17)15-12(18)6-10(16)7-13(15)19/h3-4,6-8,14,21H,2,5H2,1H3. The van der Waals surface area contributed by atoms with Crippen molar-refractivity contribution in [2.75, 3.05) is 6.54 Å². The molecule has 1 unspecified atom stereocenters. The molecule has 0 saturated carbocycles. The number of hydrogen-bond acceptors (Lipinski definition) is 2. The SMILES string of the molecule is CCNC(Cc1ccncc1Cl)c1c(F)cc(Br)cc1F. The molecule has 21 heavy (non-hydrogen) atoms. The molecule has 2 rings (SSSR count). The molecule has 1 heterocycles. The Labute approximate surface area is 135 Å². The van der Waals surface area contributed by atoms with Gasteiger partial charge in [0.25, 0.3) is 0 Å². The third-order valence-electron chi connectivity index (χ3n) is 3.12. The fraction of sp³-hybridized carbons (Fsp3) is 0.267. The number of rotatable bonds is 5. The lowest BCUT2D eigenvalue weighted by atomic mass is 9.98. The van der Waals surface area contributed by atoms with E-state index in [-0.39, 0.29) is 5.56 Å². The number of hydrogen-bond donors (Lipinski definition) is 1. The van der Waals surface area contributed by atoms with Gasteiger partial charge in [0.1, 0.15) is 11.6 Å². The maximum absolute atomic E-state index is 14.1. The topological polar surface area (TPSA) is 24.9 Å². The number of halogens is 4. The average Bonchev–Trinajstić information content (AvgIpc) is 2.40. The van der Waals surface area contributed by atoms with Gasteiger partial charge in [-0.2, -0.15) is 0 Å². The molecular formula is C15H14BrClF2N2. The minimum Gasteiger partial charge on any atom is -0.310 e. The zero-order valence-corrected chi connectivity index (χ0v) is 13.7. The number of benzene rings is 1. The second-order valence-electron chi connectivity index (χ2n) is 4.56. The van der Waals surface area contributed by atoms with Gasteiger partial charge in [0, 0.05) is 28.5 Å². The highest BCUT2D eigenvalue weighted by Crippen LogP contribution is 2.28. The first-order valence-electron chi connectivity index (χ1n) is 6.49. The van der Waals surface area contributed by atoms with Gasteiger partial charge in [-0.1, -0.05) is 34.5 Å². The van der Waals surface area contributed by atoms with Crippen LogP contribution in [-0.2, 0) is 6.42 Å². The quantitative estimate of drug-likeness (QED) is 0.821. The summed E-state index contributed by atoms with van der Waals surface area (Å²) in [6.45, 7) is 2.47. The van der Waals surface area contributed by atoms with Crippen molar-refractivity contribution in [3.63, 3.8) is 0 Å². The van der Waals surface area contributed by atoms with Crippen molar-refractivity contribution in [1.29, 1.82) is 0 Å². The Kier molecular flexibility index (Phi) is 5.67. The van der Waals surface area contributed by atoms with Crippen molar-refractivity contribution < 1.29 is 8.78 Å². The third-order valence-corrected chi connectivity index (χ3v) is 3.92. The van der Waals surface area contributed by atoms with Crippen LogP contribution < -0.4 is 5.32 Å². The van der Waals surface area contributed by atoms with Crippen molar-refractivity contribution in [2.45, 2.75) is 19.4 Å². The second-order valence-corrected chi connectivity index (χ2v) is 5.89. The molecule has 0 bridgehead atoms. The van der Waals surface area contributed by atoms with E-state index in [1.54, 1.807) is 12.3 Å². The zero-order valence-electron chi connectivity index (χ0n) is 11.3. The first-order valence-corrected chi connectivity index (χ1v) is 7.66. The van der Waals surface area contributed by atoms with Gasteiger partial charge in [-0.3, -0.25) is 4.98 Å². The van der Waals surface area contributed by atoms with E-state index in [0.717, 1.165) is 5.56 Å². The Morgan fingerprint density at radius 3 is 2.57 bits per heavy atom. The number of aromatic nitrogens is 1. The summed E-state index contributed by atoms with van der Waals surface area (Å²) in [5.74, 6) is -1.17. The highest BCUT2D eigenvalue weighted by Gasteiger charge is 2.21. The van der Waals surface area contributed by atoms with E-state index in [1.165, 1.54) is 18.3 Å². The molecule has 2 aromatic rings. The Morgan fingerprint density at radius 1 is 1.33 bits per heavy atom. The van der Waals surface area contributed by atoms with Crippen LogP contribution in [0.4, 0.5) is 8.78 Å². The molecular weight excluding hydrogens is 362 g/mol. The van der Waals surface area contributed by atoms with Crippen LogP contribution in [0.25, 0.3) is 0 Å². The Balaban J connectivity index is 2.38. The number of nitrogens with one attached hydrogen (secondary N) is 1. The summed E-state index contributed by atoms with van der Waals surface area (Å²) < 4.78 is 28.6. The molecule has 2 nitrogen and oxygen atoms in total. The van der Waals surface area contributed by atoms with Crippen LogP contribution in [0.2, 0.25) is 5.02 Å². The van der Waals surface area contributed by atoms with Crippen LogP contribution >= 0.6 is 27.5 Å². The first kappa shape index (κ1) is 16.3. The summed E-state index contributed by atoms with van der Waals surface area (Å²) in [5, 5.41) is 3.59. The summed E-state index contributed by atoms with van der Waals surface area (Å²) in [5.41, 5.74) is 0.812. The van der Waals surface area contributed by atoms with Crippen molar-refractivity contribution in [1.82, 2.24) is 10.3 Å². The summed E-state index contributed by atoms with van der Waals surface area (Å²) in [6, 6.07) is 3.78. The molecule has 1 atom stereocenters. The molecule has 6 heteroatoms. The van der Waals surface area contributed by atoms with E-state index < -0.39 is 17.7 Å². The van der Waals surface area contributed by atoms with Crippen LogP contribution in [0.15, 0.2) is 35.1 Å². The Morgan fingerprint density at radius 2 is 2.00 bits per heavy atom. The summed E-state index contributed by atoms with van der Waals surface area (Å²) >= 11 is 9.16.